The topological polar surface area (TPSA) is 95.0 Å². The fourth-order valence-corrected chi connectivity index (χ4v) is 2.32. The second-order valence-corrected chi connectivity index (χ2v) is 4.92. The molecule has 21 heavy (non-hydrogen) atoms. The first-order valence-corrected chi connectivity index (χ1v) is 6.60. The second kappa shape index (κ2) is 6.15. The van der Waals surface area contributed by atoms with Gasteiger partial charge in [0.25, 0.3) is 0 Å². The van der Waals surface area contributed by atoms with Crippen molar-refractivity contribution in [1.82, 2.24) is 0 Å². The number of methoxy groups -OCH3 is 2. The number of rotatable bonds is 5. The largest absolute Gasteiger partial charge is 0.496 e. The van der Waals surface area contributed by atoms with E-state index < -0.39 is 16.9 Å². The number of aliphatic hydroxyl groups is 1. The minimum Gasteiger partial charge on any atom is -0.496 e. The van der Waals surface area contributed by atoms with Crippen LogP contribution in [0.3, 0.4) is 0 Å². The minimum atomic E-state index is -1.21. The van der Waals surface area contributed by atoms with Crippen molar-refractivity contribution >= 4 is 21.8 Å². The van der Waals surface area contributed by atoms with Crippen LogP contribution in [0, 0.1) is 10.1 Å². The Morgan fingerprint density at radius 1 is 1.29 bits per heavy atom. The third-order valence-corrected chi connectivity index (χ3v) is 3.48. The van der Waals surface area contributed by atoms with Crippen LogP contribution in [0.15, 0.2) is 33.2 Å². The predicted octanol–water partition coefficient (Wildman–Crippen LogP) is 3.05. The van der Waals surface area contributed by atoms with Crippen molar-refractivity contribution in [2.75, 3.05) is 14.2 Å². The molecule has 0 aliphatic heterocycles. The average molecular weight is 358 g/mol. The van der Waals surface area contributed by atoms with Crippen molar-refractivity contribution in [3.05, 3.63) is 50.2 Å². The maximum absolute atomic E-state index is 10.6. The summed E-state index contributed by atoms with van der Waals surface area (Å²) in [5.41, 5.74) is 0.377. The molecule has 1 heterocycles. The lowest BCUT2D eigenvalue weighted by Gasteiger charge is -2.15. The van der Waals surface area contributed by atoms with E-state index in [1.807, 2.05) is 0 Å². The molecule has 7 nitrogen and oxygen atoms in total. The number of halogens is 1. The maximum Gasteiger partial charge on any atom is 0.433 e. The summed E-state index contributed by atoms with van der Waals surface area (Å²) in [4.78, 5) is 9.95. The van der Waals surface area contributed by atoms with Crippen LogP contribution in [-0.2, 0) is 0 Å². The molecular formula is C13H12BrNO6. The van der Waals surface area contributed by atoms with Gasteiger partial charge in [0.2, 0.25) is 0 Å². The summed E-state index contributed by atoms with van der Waals surface area (Å²) < 4.78 is 16.0. The molecule has 1 aromatic heterocycles. The summed E-state index contributed by atoms with van der Waals surface area (Å²) in [6.07, 6.45) is -1.21. The van der Waals surface area contributed by atoms with Gasteiger partial charge in [-0.1, -0.05) is 0 Å². The average Bonchev–Trinajstić information content (AvgIpc) is 2.96. The Morgan fingerprint density at radius 3 is 2.48 bits per heavy atom. The molecule has 0 saturated carbocycles. The lowest BCUT2D eigenvalue weighted by molar-refractivity contribution is -0.402. The molecule has 112 valence electrons. The quantitative estimate of drug-likeness (QED) is 0.652. The van der Waals surface area contributed by atoms with E-state index in [9.17, 15) is 15.2 Å². The summed E-state index contributed by atoms with van der Waals surface area (Å²) in [5, 5.41) is 21.0. The molecule has 0 aliphatic rings. The van der Waals surface area contributed by atoms with Crippen molar-refractivity contribution in [3.63, 3.8) is 0 Å². The monoisotopic (exact) mass is 357 g/mol. The Labute approximate surface area is 128 Å². The summed E-state index contributed by atoms with van der Waals surface area (Å²) in [6, 6.07) is 5.73. The van der Waals surface area contributed by atoms with E-state index in [1.54, 1.807) is 12.1 Å². The SMILES string of the molecule is COc1cc(C(O)c2ccc([N+](=O)[O-])o2)c(OC)cc1Br. The van der Waals surface area contributed by atoms with Crippen LogP contribution in [0.4, 0.5) is 5.88 Å². The van der Waals surface area contributed by atoms with Crippen LogP contribution >= 0.6 is 15.9 Å². The van der Waals surface area contributed by atoms with Crippen LogP contribution in [0.1, 0.15) is 17.4 Å². The summed E-state index contributed by atoms with van der Waals surface area (Å²) in [5.74, 6) is 0.497. The van der Waals surface area contributed by atoms with Gasteiger partial charge in [0.05, 0.1) is 24.8 Å². The van der Waals surface area contributed by atoms with Crippen LogP contribution in [0.2, 0.25) is 0 Å². The van der Waals surface area contributed by atoms with Crippen molar-refractivity contribution in [3.8, 4) is 11.5 Å². The molecule has 1 N–H and O–H groups in total. The molecule has 0 aliphatic carbocycles. The summed E-state index contributed by atoms with van der Waals surface area (Å²) >= 11 is 3.31. The Kier molecular flexibility index (Phi) is 4.49. The van der Waals surface area contributed by atoms with Gasteiger partial charge in [-0.05, 0) is 34.1 Å². The molecule has 0 bridgehead atoms. The molecule has 1 aromatic carbocycles. The van der Waals surface area contributed by atoms with Crippen molar-refractivity contribution in [2.45, 2.75) is 6.10 Å². The highest BCUT2D eigenvalue weighted by Gasteiger charge is 2.23. The highest BCUT2D eigenvalue weighted by molar-refractivity contribution is 9.10. The number of furan rings is 1. The van der Waals surface area contributed by atoms with Gasteiger partial charge in [-0.3, -0.25) is 10.1 Å². The fourth-order valence-electron chi connectivity index (χ4n) is 1.84. The first-order valence-electron chi connectivity index (χ1n) is 5.81. The first kappa shape index (κ1) is 15.3. The smallest absolute Gasteiger partial charge is 0.433 e. The molecular weight excluding hydrogens is 346 g/mol. The van der Waals surface area contributed by atoms with E-state index >= 15 is 0 Å². The lowest BCUT2D eigenvalue weighted by atomic mass is 10.1. The van der Waals surface area contributed by atoms with Gasteiger partial charge < -0.3 is 19.0 Å². The van der Waals surface area contributed by atoms with Gasteiger partial charge in [-0.15, -0.1) is 0 Å². The van der Waals surface area contributed by atoms with E-state index in [4.69, 9.17) is 13.9 Å². The van der Waals surface area contributed by atoms with E-state index in [-0.39, 0.29) is 5.76 Å². The number of nitrogens with zero attached hydrogens (tertiary/aromatic N) is 1. The fraction of sp³-hybridized carbons (Fsp3) is 0.231. The minimum absolute atomic E-state index is 0.0457. The molecule has 8 heteroatoms. The van der Waals surface area contributed by atoms with E-state index in [0.717, 1.165) is 0 Å². The number of ether oxygens (including phenoxy) is 2. The zero-order valence-electron chi connectivity index (χ0n) is 11.2. The Hall–Kier alpha value is -2.06. The zero-order valence-corrected chi connectivity index (χ0v) is 12.8. The predicted molar refractivity (Wildman–Crippen MR) is 76.7 cm³/mol. The molecule has 0 amide bonds. The lowest BCUT2D eigenvalue weighted by Crippen LogP contribution is -2.02. The van der Waals surface area contributed by atoms with Gasteiger partial charge in [0, 0.05) is 5.56 Å². The van der Waals surface area contributed by atoms with Gasteiger partial charge in [-0.25, -0.2) is 0 Å². The van der Waals surface area contributed by atoms with E-state index in [2.05, 4.69) is 15.9 Å². The molecule has 0 saturated heterocycles. The van der Waals surface area contributed by atoms with Gasteiger partial charge in [0.1, 0.15) is 28.3 Å². The maximum atomic E-state index is 10.6. The van der Waals surface area contributed by atoms with Crippen molar-refractivity contribution in [1.29, 1.82) is 0 Å². The van der Waals surface area contributed by atoms with Gasteiger partial charge >= 0.3 is 5.88 Å². The zero-order chi connectivity index (χ0) is 15.6. The van der Waals surface area contributed by atoms with Crippen LogP contribution in [0.5, 0.6) is 11.5 Å². The first-order chi connectivity index (χ1) is 9.97. The Balaban J connectivity index is 2.45. The normalized spacial score (nSPS) is 12.0. The number of benzene rings is 1. The van der Waals surface area contributed by atoms with Gasteiger partial charge in [0.15, 0.2) is 0 Å². The highest BCUT2D eigenvalue weighted by Crippen LogP contribution is 2.38. The third kappa shape index (κ3) is 3.01. The summed E-state index contributed by atoms with van der Waals surface area (Å²) in [6.45, 7) is 0. The van der Waals surface area contributed by atoms with Gasteiger partial charge in [-0.2, -0.15) is 0 Å². The molecule has 0 radical (unpaired) electrons. The standard InChI is InChI=1S/C13H12BrNO6/c1-19-10-6-8(14)11(20-2)5-7(10)13(16)9-3-4-12(21-9)15(17)18/h3-6,13,16H,1-2H3. The molecule has 0 spiro atoms. The van der Waals surface area contributed by atoms with E-state index in [1.165, 1.54) is 26.4 Å². The number of aliphatic hydroxyl groups excluding tert-OH is 1. The van der Waals surface area contributed by atoms with Crippen LogP contribution < -0.4 is 9.47 Å². The molecule has 0 fully saturated rings. The highest BCUT2D eigenvalue weighted by atomic mass is 79.9. The molecule has 1 atom stereocenters. The Morgan fingerprint density at radius 2 is 1.95 bits per heavy atom. The van der Waals surface area contributed by atoms with Crippen molar-refractivity contribution in [2.24, 2.45) is 0 Å². The molecule has 2 rings (SSSR count). The number of nitro groups is 1. The number of hydrogen-bond acceptors (Lipinski definition) is 6. The number of hydrogen-bond donors (Lipinski definition) is 1. The molecule has 1 unspecified atom stereocenters. The van der Waals surface area contributed by atoms with Crippen LogP contribution in [-0.4, -0.2) is 24.2 Å². The summed E-state index contributed by atoms with van der Waals surface area (Å²) in [7, 11) is 2.94. The molecule has 2 aromatic rings. The third-order valence-electron chi connectivity index (χ3n) is 2.86. The van der Waals surface area contributed by atoms with E-state index in [0.29, 0.717) is 21.5 Å². The Bertz CT molecular complexity index is 669. The van der Waals surface area contributed by atoms with Crippen LogP contribution in [0.25, 0.3) is 0 Å². The van der Waals surface area contributed by atoms with Crippen molar-refractivity contribution < 1.29 is 23.9 Å². The second-order valence-electron chi connectivity index (χ2n) is 4.06.